The van der Waals surface area contributed by atoms with Crippen LogP contribution in [0.15, 0.2) is 42.6 Å². The van der Waals surface area contributed by atoms with E-state index in [1.54, 1.807) is 12.3 Å². The highest BCUT2D eigenvalue weighted by molar-refractivity contribution is 5.76. The third-order valence-corrected chi connectivity index (χ3v) is 4.95. The predicted octanol–water partition coefficient (Wildman–Crippen LogP) is 2.35. The molecule has 1 aliphatic rings. The second-order valence-electron chi connectivity index (χ2n) is 6.83. The Hall–Kier alpha value is -3.04. The van der Waals surface area contributed by atoms with Crippen molar-refractivity contribution in [2.75, 3.05) is 25.4 Å². The van der Waals surface area contributed by atoms with E-state index < -0.39 is 0 Å². The number of carbonyl (C=O) groups excluding carboxylic acids is 1. The molecule has 2 heterocycles. The standard InChI is InChI=1S/C22H26N4O2/c1-2-28-20-6-4-3-5-18(20)19(9-7-16-8-10-21(23)25-15-16)26-13-11-17(12-14-26)22(24)27/h3-6,8,10,15,17,19H,2,11-14H2,1H3,(H2,23,25)(H2,24,27)/t19-/m0/s1. The summed E-state index contributed by atoms with van der Waals surface area (Å²) in [6, 6.07) is 11.4. The monoisotopic (exact) mass is 378 g/mol. The lowest BCUT2D eigenvalue weighted by atomic mass is 9.93. The number of anilines is 1. The second kappa shape index (κ2) is 9.25. The SMILES string of the molecule is CCOc1ccccc1[C@H](C#Cc1ccc(N)nc1)N1CCC(C(N)=O)CC1. The van der Waals surface area contributed by atoms with E-state index in [1.807, 2.05) is 37.3 Å². The molecule has 1 amide bonds. The lowest BCUT2D eigenvalue weighted by Crippen LogP contribution is -2.40. The molecule has 0 radical (unpaired) electrons. The topological polar surface area (TPSA) is 94.5 Å². The zero-order chi connectivity index (χ0) is 19.9. The Labute approximate surface area is 165 Å². The van der Waals surface area contributed by atoms with E-state index >= 15 is 0 Å². The van der Waals surface area contributed by atoms with Crippen LogP contribution in [0.4, 0.5) is 5.82 Å². The molecule has 0 bridgehead atoms. The van der Waals surface area contributed by atoms with E-state index in [-0.39, 0.29) is 17.9 Å². The van der Waals surface area contributed by atoms with Crippen molar-refractivity contribution < 1.29 is 9.53 Å². The van der Waals surface area contributed by atoms with Gasteiger partial charge in [0, 0.05) is 36.3 Å². The van der Waals surface area contributed by atoms with E-state index in [0.29, 0.717) is 12.4 Å². The van der Waals surface area contributed by atoms with Gasteiger partial charge in [-0.25, -0.2) is 4.98 Å². The Morgan fingerprint density at radius 3 is 2.68 bits per heavy atom. The van der Waals surface area contributed by atoms with E-state index in [9.17, 15) is 4.79 Å². The van der Waals surface area contributed by atoms with Crippen LogP contribution in [0.2, 0.25) is 0 Å². The van der Waals surface area contributed by atoms with E-state index in [2.05, 4.69) is 21.7 Å². The first-order chi connectivity index (χ1) is 13.6. The summed E-state index contributed by atoms with van der Waals surface area (Å²) < 4.78 is 5.84. The Bertz CT molecular complexity index is 862. The summed E-state index contributed by atoms with van der Waals surface area (Å²) in [4.78, 5) is 17.9. The van der Waals surface area contributed by atoms with Crippen LogP contribution < -0.4 is 16.2 Å². The number of nitrogen functional groups attached to an aromatic ring is 1. The van der Waals surface area contributed by atoms with Gasteiger partial charge in [-0.15, -0.1) is 0 Å². The van der Waals surface area contributed by atoms with Gasteiger partial charge < -0.3 is 16.2 Å². The van der Waals surface area contributed by atoms with Crippen LogP contribution in [0.25, 0.3) is 0 Å². The van der Waals surface area contributed by atoms with Crippen molar-refractivity contribution in [1.29, 1.82) is 0 Å². The Kier molecular flexibility index (Phi) is 6.51. The molecule has 0 unspecified atom stereocenters. The number of hydrogen-bond acceptors (Lipinski definition) is 5. The molecule has 0 saturated carbocycles. The highest BCUT2D eigenvalue weighted by Crippen LogP contribution is 2.32. The maximum atomic E-state index is 11.5. The summed E-state index contributed by atoms with van der Waals surface area (Å²) in [5.41, 5.74) is 13.0. The minimum Gasteiger partial charge on any atom is -0.493 e. The maximum absolute atomic E-state index is 11.5. The molecule has 0 aliphatic carbocycles. The highest BCUT2D eigenvalue weighted by Gasteiger charge is 2.29. The molecule has 1 aliphatic heterocycles. The maximum Gasteiger partial charge on any atom is 0.220 e. The summed E-state index contributed by atoms with van der Waals surface area (Å²) in [6.07, 6.45) is 3.16. The average Bonchev–Trinajstić information content (AvgIpc) is 2.71. The van der Waals surface area contributed by atoms with Crippen molar-refractivity contribution in [3.63, 3.8) is 0 Å². The minimum atomic E-state index is -0.218. The zero-order valence-corrected chi connectivity index (χ0v) is 16.1. The third-order valence-electron chi connectivity index (χ3n) is 4.95. The van der Waals surface area contributed by atoms with Crippen LogP contribution >= 0.6 is 0 Å². The second-order valence-corrected chi connectivity index (χ2v) is 6.83. The van der Waals surface area contributed by atoms with Gasteiger partial charge in [-0.2, -0.15) is 0 Å². The van der Waals surface area contributed by atoms with Crippen molar-refractivity contribution in [3.05, 3.63) is 53.7 Å². The lowest BCUT2D eigenvalue weighted by molar-refractivity contribution is -0.123. The van der Waals surface area contributed by atoms with Gasteiger partial charge in [-0.05, 0) is 38.0 Å². The number of aromatic nitrogens is 1. The van der Waals surface area contributed by atoms with Gasteiger partial charge >= 0.3 is 0 Å². The fourth-order valence-electron chi connectivity index (χ4n) is 3.43. The number of piperidine rings is 1. The number of benzene rings is 1. The summed E-state index contributed by atoms with van der Waals surface area (Å²) in [7, 11) is 0. The van der Waals surface area contributed by atoms with Crippen molar-refractivity contribution in [2.24, 2.45) is 11.7 Å². The molecule has 1 fully saturated rings. The zero-order valence-electron chi connectivity index (χ0n) is 16.1. The Morgan fingerprint density at radius 1 is 1.29 bits per heavy atom. The average molecular weight is 378 g/mol. The summed E-state index contributed by atoms with van der Waals surface area (Å²) in [5.74, 6) is 7.62. The molecule has 2 aromatic rings. The normalized spacial score (nSPS) is 16.0. The van der Waals surface area contributed by atoms with Crippen molar-refractivity contribution >= 4 is 11.7 Å². The van der Waals surface area contributed by atoms with Gasteiger partial charge in [-0.3, -0.25) is 9.69 Å². The van der Waals surface area contributed by atoms with Crippen molar-refractivity contribution in [1.82, 2.24) is 9.88 Å². The van der Waals surface area contributed by atoms with Crippen LogP contribution in [0, 0.1) is 17.8 Å². The molecule has 6 heteroatoms. The molecule has 4 N–H and O–H groups in total. The molecule has 6 nitrogen and oxygen atoms in total. The molecule has 1 atom stereocenters. The number of nitrogens with two attached hydrogens (primary N) is 2. The lowest BCUT2D eigenvalue weighted by Gasteiger charge is -2.35. The molecule has 1 aromatic heterocycles. The fourth-order valence-corrected chi connectivity index (χ4v) is 3.43. The third kappa shape index (κ3) is 4.81. The fraction of sp³-hybridized carbons (Fsp3) is 0.364. The van der Waals surface area contributed by atoms with Crippen LogP contribution in [-0.2, 0) is 4.79 Å². The number of carbonyl (C=O) groups is 1. The first-order valence-electron chi connectivity index (χ1n) is 9.56. The molecule has 0 spiro atoms. The number of hydrogen-bond donors (Lipinski definition) is 2. The summed E-state index contributed by atoms with van der Waals surface area (Å²) in [5, 5.41) is 0. The number of primary amides is 1. The number of pyridine rings is 1. The summed E-state index contributed by atoms with van der Waals surface area (Å²) >= 11 is 0. The van der Waals surface area contributed by atoms with Crippen molar-refractivity contribution in [2.45, 2.75) is 25.8 Å². The molecular weight excluding hydrogens is 352 g/mol. The number of para-hydroxylation sites is 1. The van der Waals surface area contributed by atoms with Gasteiger partial charge in [0.1, 0.15) is 17.6 Å². The number of nitrogens with zero attached hydrogens (tertiary/aromatic N) is 2. The van der Waals surface area contributed by atoms with Gasteiger partial charge in [0.05, 0.1) is 6.61 Å². The largest absolute Gasteiger partial charge is 0.493 e. The highest BCUT2D eigenvalue weighted by atomic mass is 16.5. The molecular formula is C22H26N4O2. The van der Waals surface area contributed by atoms with Crippen LogP contribution in [0.3, 0.4) is 0 Å². The Morgan fingerprint density at radius 2 is 2.04 bits per heavy atom. The molecule has 28 heavy (non-hydrogen) atoms. The van der Waals surface area contributed by atoms with E-state index in [0.717, 1.165) is 42.8 Å². The van der Waals surface area contributed by atoms with Gasteiger partial charge in [0.15, 0.2) is 0 Å². The quantitative estimate of drug-likeness (QED) is 0.779. The smallest absolute Gasteiger partial charge is 0.220 e. The predicted molar refractivity (Wildman–Crippen MR) is 109 cm³/mol. The summed E-state index contributed by atoms with van der Waals surface area (Å²) in [6.45, 7) is 4.07. The van der Waals surface area contributed by atoms with Gasteiger partial charge in [0.2, 0.25) is 5.91 Å². The number of amides is 1. The number of rotatable bonds is 5. The van der Waals surface area contributed by atoms with Crippen LogP contribution in [0.1, 0.15) is 36.9 Å². The number of ether oxygens (including phenoxy) is 1. The first-order valence-corrected chi connectivity index (χ1v) is 9.56. The van der Waals surface area contributed by atoms with E-state index in [4.69, 9.17) is 16.2 Å². The molecule has 1 aromatic carbocycles. The minimum absolute atomic E-state index is 0.0618. The first kappa shape index (κ1) is 19.7. The molecule has 146 valence electrons. The van der Waals surface area contributed by atoms with Gasteiger partial charge in [-0.1, -0.05) is 30.0 Å². The van der Waals surface area contributed by atoms with E-state index in [1.165, 1.54) is 0 Å². The number of likely N-dealkylation sites (tertiary alicyclic amines) is 1. The van der Waals surface area contributed by atoms with Crippen LogP contribution in [0.5, 0.6) is 5.75 Å². The van der Waals surface area contributed by atoms with Crippen LogP contribution in [-0.4, -0.2) is 35.5 Å². The molecule has 1 saturated heterocycles. The van der Waals surface area contributed by atoms with Gasteiger partial charge in [0.25, 0.3) is 0 Å². The van der Waals surface area contributed by atoms with Crippen molar-refractivity contribution in [3.8, 4) is 17.6 Å². The Balaban J connectivity index is 1.91. The molecule has 3 rings (SSSR count).